The molecule has 0 bridgehead atoms. The first-order valence-corrected chi connectivity index (χ1v) is 11.1. The standard InChI is InChI=1S/C19H17ClN2O3S2/c1-12-7-8-13(10-16(12)20)9-14-11-21-19(26-14)22-18(23)15-5-3-4-6-17(15)27(2,24)25/h3-8,10-11H,9H2,1-2H3,(H,21,22,23). The summed E-state index contributed by atoms with van der Waals surface area (Å²) in [6.45, 7) is 1.95. The molecule has 1 amide bonds. The van der Waals surface area contributed by atoms with Crippen molar-refractivity contribution in [3.05, 3.63) is 75.3 Å². The molecular formula is C19H17ClN2O3S2. The van der Waals surface area contributed by atoms with E-state index in [0.717, 1.165) is 22.3 Å². The van der Waals surface area contributed by atoms with Gasteiger partial charge in [0.05, 0.1) is 10.5 Å². The Morgan fingerprint density at radius 3 is 2.67 bits per heavy atom. The molecule has 1 aromatic heterocycles. The van der Waals surface area contributed by atoms with Gasteiger partial charge in [0.25, 0.3) is 5.91 Å². The van der Waals surface area contributed by atoms with E-state index >= 15 is 0 Å². The number of aromatic nitrogens is 1. The largest absolute Gasteiger partial charge is 0.298 e. The number of rotatable bonds is 5. The number of nitrogens with one attached hydrogen (secondary N) is 1. The van der Waals surface area contributed by atoms with E-state index in [1.807, 2.05) is 25.1 Å². The molecule has 3 aromatic rings. The van der Waals surface area contributed by atoms with E-state index in [9.17, 15) is 13.2 Å². The third kappa shape index (κ3) is 4.74. The van der Waals surface area contributed by atoms with Gasteiger partial charge in [-0.05, 0) is 36.2 Å². The van der Waals surface area contributed by atoms with Crippen LogP contribution < -0.4 is 5.32 Å². The van der Waals surface area contributed by atoms with Crippen LogP contribution in [0.3, 0.4) is 0 Å². The molecule has 0 aliphatic carbocycles. The highest BCUT2D eigenvalue weighted by Crippen LogP contribution is 2.25. The second-order valence-electron chi connectivity index (χ2n) is 6.11. The number of halogens is 1. The van der Waals surface area contributed by atoms with Crippen molar-refractivity contribution in [1.82, 2.24) is 4.98 Å². The van der Waals surface area contributed by atoms with Gasteiger partial charge in [-0.25, -0.2) is 13.4 Å². The van der Waals surface area contributed by atoms with Crippen LogP contribution in [-0.2, 0) is 16.3 Å². The molecule has 0 atom stereocenters. The van der Waals surface area contributed by atoms with Crippen molar-refractivity contribution in [1.29, 1.82) is 0 Å². The highest BCUT2D eigenvalue weighted by Gasteiger charge is 2.19. The molecular weight excluding hydrogens is 404 g/mol. The maximum absolute atomic E-state index is 12.5. The van der Waals surface area contributed by atoms with Crippen LogP contribution in [0.1, 0.15) is 26.4 Å². The van der Waals surface area contributed by atoms with Crippen LogP contribution in [0.4, 0.5) is 5.13 Å². The summed E-state index contributed by atoms with van der Waals surface area (Å²) in [6.07, 6.45) is 3.41. The van der Waals surface area contributed by atoms with Gasteiger partial charge in [-0.15, -0.1) is 11.3 Å². The smallest absolute Gasteiger partial charge is 0.258 e. The monoisotopic (exact) mass is 420 g/mol. The van der Waals surface area contributed by atoms with Crippen LogP contribution in [-0.4, -0.2) is 25.6 Å². The molecule has 0 saturated carbocycles. The normalized spacial score (nSPS) is 11.4. The lowest BCUT2D eigenvalue weighted by atomic mass is 10.1. The number of thiazole rings is 1. The summed E-state index contributed by atoms with van der Waals surface area (Å²) < 4.78 is 23.7. The number of anilines is 1. The Labute approximate surface area is 167 Å². The number of aryl methyl sites for hydroxylation is 1. The van der Waals surface area contributed by atoms with Crippen LogP contribution in [0.15, 0.2) is 53.6 Å². The summed E-state index contributed by atoms with van der Waals surface area (Å²) in [4.78, 5) is 17.7. The molecule has 0 radical (unpaired) electrons. The Kier molecular flexibility index (Phi) is 5.64. The van der Waals surface area contributed by atoms with Crippen molar-refractivity contribution < 1.29 is 13.2 Å². The molecule has 0 spiro atoms. The van der Waals surface area contributed by atoms with Crippen molar-refractivity contribution in [3.8, 4) is 0 Å². The first-order valence-electron chi connectivity index (χ1n) is 8.04. The second-order valence-corrected chi connectivity index (χ2v) is 9.62. The van der Waals surface area contributed by atoms with Gasteiger partial charge < -0.3 is 0 Å². The Morgan fingerprint density at radius 1 is 1.22 bits per heavy atom. The molecule has 27 heavy (non-hydrogen) atoms. The maximum atomic E-state index is 12.5. The van der Waals surface area contributed by atoms with Crippen LogP contribution in [0.2, 0.25) is 5.02 Å². The van der Waals surface area contributed by atoms with Gasteiger partial charge in [0.1, 0.15) is 0 Å². The van der Waals surface area contributed by atoms with Gasteiger partial charge in [0.15, 0.2) is 15.0 Å². The Hall–Kier alpha value is -2.22. The fourth-order valence-electron chi connectivity index (χ4n) is 2.54. The summed E-state index contributed by atoms with van der Waals surface area (Å²) in [7, 11) is -3.50. The van der Waals surface area contributed by atoms with Gasteiger partial charge in [-0.3, -0.25) is 10.1 Å². The number of carbonyl (C=O) groups is 1. The number of hydrogen-bond donors (Lipinski definition) is 1. The molecule has 2 aromatic carbocycles. The lowest BCUT2D eigenvalue weighted by Gasteiger charge is -2.07. The molecule has 0 aliphatic rings. The molecule has 1 N–H and O–H groups in total. The molecule has 5 nitrogen and oxygen atoms in total. The van der Waals surface area contributed by atoms with Crippen LogP contribution in [0, 0.1) is 6.92 Å². The van der Waals surface area contributed by atoms with E-state index in [1.54, 1.807) is 18.3 Å². The second kappa shape index (κ2) is 7.80. The molecule has 1 heterocycles. The molecule has 0 unspecified atom stereocenters. The molecule has 0 aliphatic heterocycles. The lowest BCUT2D eigenvalue weighted by molar-refractivity contribution is 0.102. The van der Waals surface area contributed by atoms with Crippen LogP contribution in [0.5, 0.6) is 0 Å². The fourth-order valence-corrected chi connectivity index (χ4v) is 4.47. The minimum atomic E-state index is -3.50. The van der Waals surface area contributed by atoms with Crippen LogP contribution >= 0.6 is 22.9 Å². The molecule has 3 rings (SSSR count). The highest BCUT2D eigenvalue weighted by atomic mass is 35.5. The number of carbonyl (C=O) groups excluding carboxylic acids is 1. The highest BCUT2D eigenvalue weighted by molar-refractivity contribution is 7.90. The average Bonchev–Trinajstić information content (AvgIpc) is 3.04. The summed E-state index contributed by atoms with van der Waals surface area (Å²) >= 11 is 7.49. The van der Waals surface area contributed by atoms with E-state index in [2.05, 4.69) is 10.3 Å². The van der Waals surface area contributed by atoms with Gasteiger partial charge in [0, 0.05) is 28.8 Å². The number of hydrogen-bond acceptors (Lipinski definition) is 5. The molecule has 8 heteroatoms. The van der Waals surface area contributed by atoms with E-state index in [0.29, 0.717) is 16.6 Å². The van der Waals surface area contributed by atoms with Crippen molar-refractivity contribution in [3.63, 3.8) is 0 Å². The van der Waals surface area contributed by atoms with Crippen molar-refractivity contribution >= 4 is 43.8 Å². The van der Waals surface area contributed by atoms with Crippen molar-refractivity contribution in [2.75, 3.05) is 11.6 Å². The van der Waals surface area contributed by atoms with Gasteiger partial charge >= 0.3 is 0 Å². The quantitative estimate of drug-likeness (QED) is 0.665. The van der Waals surface area contributed by atoms with E-state index in [1.165, 1.54) is 23.5 Å². The lowest BCUT2D eigenvalue weighted by Crippen LogP contribution is -2.15. The SMILES string of the molecule is Cc1ccc(Cc2cnc(NC(=O)c3ccccc3S(C)(=O)=O)s2)cc1Cl. The topological polar surface area (TPSA) is 76.1 Å². The Balaban J connectivity index is 1.76. The Bertz CT molecular complexity index is 1110. The number of sulfone groups is 1. The first kappa shape index (κ1) is 19.5. The number of nitrogens with zero attached hydrogens (tertiary/aromatic N) is 1. The fraction of sp³-hybridized carbons (Fsp3) is 0.158. The molecule has 140 valence electrons. The third-order valence-electron chi connectivity index (χ3n) is 3.92. The van der Waals surface area contributed by atoms with Gasteiger partial charge in [-0.1, -0.05) is 35.9 Å². The predicted molar refractivity (Wildman–Crippen MR) is 109 cm³/mol. The summed E-state index contributed by atoms with van der Waals surface area (Å²) in [6, 6.07) is 12.0. The number of benzene rings is 2. The van der Waals surface area contributed by atoms with E-state index < -0.39 is 15.7 Å². The number of amides is 1. The summed E-state index contributed by atoms with van der Waals surface area (Å²) in [5, 5.41) is 3.80. The summed E-state index contributed by atoms with van der Waals surface area (Å²) in [5.74, 6) is -0.504. The zero-order valence-electron chi connectivity index (χ0n) is 14.7. The van der Waals surface area contributed by atoms with Crippen molar-refractivity contribution in [2.45, 2.75) is 18.2 Å². The van der Waals surface area contributed by atoms with E-state index in [-0.39, 0.29) is 10.5 Å². The van der Waals surface area contributed by atoms with Crippen molar-refractivity contribution in [2.24, 2.45) is 0 Å². The average molecular weight is 421 g/mol. The van der Waals surface area contributed by atoms with Crippen LogP contribution in [0.25, 0.3) is 0 Å². The zero-order chi connectivity index (χ0) is 19.6. The zero-order valence-corrected chi connectivity index (χ0v) is 17.1. The van der Waals surface area contributed by atoms with Gasteiger partial charge in [0.2, 0.25) is 0 Å². The first-order chi connectivity index (χ1) is 12.7. The minimum absolute atomic E-state index is 0.00595. The summed E-state index contributed by atoms with van der Waals surface area (Å²) in [5.41, 5.74) is 2.17. The molecule has 0 fully saturated rings. The Morgan fingerprint density at radius 2 is 1.96 bits per heavy atom. The molecule has 0 saturated heterocycles. The predicted octanol–water partition coefficient (Wildman–Crippen LogP) is 4.35. The van der Waals surface area contributed by atoms with Gasteiger partial charge in [-0.2, -0.15) is 0 Å². The van der Waals surface area contributed by atoms with E-state index in [4.69, 9.17) is 11.6 Å². The third-order valence-corrected chi connectivity index (χ3v) is 6.39. The minimum Gasteiger partial charge on any atom is -0.298 e. The maximum Gasteiger partial charge on any atom is 0.258 e.